The van der Waals surface area contributed by atoms with Crippen LogP contribution in [0.25, 0.3) is 0 Å². The Kier molecular flexibility index (Phi) is 9.63. The Labute approximate surface area is 205 Å². The summed E-state index contributed by atoms with van der Waals surface area (Å²) in [6.07, 6.45) is 4.77. The van der Waals surface area contributed by atoms with Gasteiger partial charge in [0, 0.05) is 28.9 Å². The van der Waals surface area contributed by atoms with Gasteiger partial charge in [-0.3, -0.25) is 9.59 Å². The fraction of sp³-hybridized carbons (Fsp3) is 0.462. The summed E-state index contributed by atoms with van der Waals surface area (Å²) in [5.74, 6) is -0.166. The molecule has 178 valence electrons. The summed E-state index contributed by atoms with van der Waals surface area (Å²) in [5.41, 5.74) is 2.48. The lowest BCUT2D eigenvalue weighted by molar-refractivity contribution is -0.139. The summed E-state index contributed by atoms with van der Waals surface area (Å²) < 4.78 is 14.1. The molecule has 1 saturated carbocycles. The van der Waals surface area contributed by atoms with Crippen molar-refractivity contribution >= 4 is 35.2 Å². The van der Waals surface area contributed by atoms with Gasteiger partial charge in [-0.2, -0.15) is 0 Å². The van der Waals surface area contributed by atoms with E-state index in [1.54, 1.807) is 17.0 Å². The zero-order chi connectivity index (χ0) is 23.8. The average Bonchev–Trinajstić information content (AvgIpc) is 3.28. The molecule has 1 aliphatic rings. The highest BCUT2D eigenvalue weighted by atomic mass is 35.5. The molecule has 33 heavy (non-hydrogen) atoms. The second kappa shape index (κ2) is 12.4. The highest BCUT2D eigenvalue weighted by Crippen LogP contribution is 2.25. The topological polar surface area (TPSA) is 49.4 Å². The van der Waals surface area contributed by atoms with Crippen molar-refractivity contribution in [3.05, 3.63) is 70.0 Å². The number of rotatable bonds is 10. The van der Waals surface area contributed by atoms with Crippen LogP contribution >= 0.6 is 23.4 Å². The van der Waals surface area contributed by atoms with Crippen LogP contribution in [0.2, 0.25) is 5.02 Å². The maximum Gasteiger partial charge on any atom is 0.243 e. The molecule has 0 bridgehead atoms. The van der Waals surface area contributed by atoms with E-state index in [2.05, 4.69) is 5.32 Å². The molecule has 2 aromatic rings. The van der Waals surface area contributed by atoms with E-state index in [4.69, 9.17) is 11.6 Å². The van der Waals surface area contributed by atoms with Crippen LogP contribution in [-0.2, 0) is 21.9 Å². The van der Waals surface area contributed by atoms with E-state index in [0.717, 1.165) is 36.8 Å². The molecule has 1 fully saturated rings. The summed E-state index contributed by atoms with van der Waals surface area (Å²) in [5, 5.41) is 3.51. The number of halogens is 2. The lowest BCUT2D eigenvalue weighted by atomic mass is 10.1. The highest BCUT2D eigenvalue weighted by molar-refractivity contribution is 7.99. The fourth-order valence-electron chi connectivity index (χ4n) is 4.29. The van der Waals surface area contributed by atoms with Crippen LogP contribution in [0.1, 0.15) is 55.7 Å². The lowest BCUT2D eigenvalue weighted by Gasteiger charge is -2.31. The van der Waals surface area contributed by atoms with Gasteiger partial charge < -0.3 is 10.2 Å². The fourth-order valence-corrected chi connectivity index (χ4v) is 5.54. The molecule has 3 rings (SSSR count). The van der Waals surface area contributed by atoms with E-state index in [9.17, 15) is 14.0 Å². The molecule has 0 radical (unpaired) electrons. The molecular weight excluding hydrogens is 459 g/mol. The summed E-state index contributed by atoms with van der Waals surface area (Å²) >= 11 is 7.43. The Bertz CT molecular complexity index is 945. The second-order valence-corrected chi connectivity index (χ2v) is 10.0. The maximum absolute atomic E-state index is 14.1. The number of nitrogens with zero attached hydrogens (tertiary/aromatic N) is 1. The molecule has 2 aromatic carbocycles. The standard InChI is InChI=1S/C26H32ClFN2O2S/c1-3-24(26(32)29-20-10-4-5-11-20)30(15-19-9-6-8-18(2)14-19)25(31)17-33-16-21-22(27)12-7-13-23(21)28/h6-9,12-14,20,24H,3-5,10-11,15-17H2,1-2H3,(H,29,32)/t24-/m1/s1. The largest absolute Gasteiger partial charge is 0.352 e. The molecule has 0 aromatic heterocycles. The number of hydrogen-bond acceptors (Lipinski definition) is 3. The van der Waals surface area contributed by atoms with E-state index in [-0.39, 0.29) is 29.4 Å². The van der Waals surface area contributed by atoms with Gasteiger partial charge in [-0.05, 0) is 43.9 Å². The summed E-state index contributed by atoms with van der Waals surface area (Å²) in [6, 6.07) is 12.2. The van der Waals surface area contributed by atoms with Gasteiger partial charge in [-0.25, -0.2) is 4.39 Å². The molecule has 0 aliphatic heterocycles. The van der Waals surface area contributed by atoms with E-state index < -0.39 is 6.04 Å². The van der Waals surface area contributed by atoms with Gasteiger partial charge in [-0.1, -0.05) is 67.3 Å². The monoisotopic (exact) mass is 490 g/mol. The van der Waals surface area contributed by atoms with E-state index in [1.165, 1.54) is 17.8 Å². The third kappa shape index (κ3) is 7.21. The van der Waals surface area contributed by atoms with E-state index in [0.29, 0.717) is 29.3 Å². The first-order valence-corrected chi connectivity index (χ1v) is 13.1. The van der Waals surface area contributed by atoms with Crippen LogP contribution in [0.15, 0.2) is 42.5 Å². The molecule has 1 aliphatic carbocycles. The maximum atomic E-state index is 14.1. The SMILES string of the molecule is CC[C@H](C(=O)NC1CCCC1)N(Cc1cccc(C)c1)C(=O)CSCc1c(F)cccc1Cl. The quantitative estimate of drug-likeness (QED) is 0.452. The van der Waals surface area contributed by atoms with Crippen molar-refractivity contribution in [1.29, 1.82) is 0 Å². The van der Waals surface area contributed by atoms with E-state index in [1.807, 2.05) is 38.1 Å². The number of carbonyl (C=O) groups is 2. The Morgan fingerprint density at radius 3 is 2.61 bits per heavy atom. The minimum absolute atomic E-state index is 0.0902. The van der Waals surface area contributed by atoms with Crippen molar-refractivity contribution in [2.45, 2.75) is 70.3 Å². The first kappa shape index (κ1) is 25.6. The Hall–Kier alpha value is -2.05. The van der Waals surface area contributed by atoms with Crippen LogP contribution in [0.5, 0.6) is 0 Å². The number of amides is 2. The van der Waals surface area contributed by atoms with Crippen LogP contribution in [0.4, 0.5) is 4.39 Å². The minimum Gasteiger partial charge on any atom is -0.352 e. The molecule has 4 nitrogen and oxygen atoms in total. The number of aryl methyl sites for hydroxylation is 1. The zero-order valence-corrected chi connectivity index (χ0v) is 20.9. The third-order valence-corrected chi connectivity index (χ3v) is 7.35. The minimum atomic E-state index is -0.545. The number of thioether (sulfide) groups is 1. The molecule has 0 spiro atoms. The molecule has 1 atom stereocenters. The molecule has 1 N–H and O–H groups in total. The lowest BCUT2D eigenvalue weighted by Crippen LogP contribution is -2.51. The number of benzene rings is 2. The highest BCUT2D eigenvalue weighted by Gasteiger charge is 2.30. The Morgan fingerprint density at radius 2 is 1.94 bits per heavy atom. The molecule has 0 saturated heterocycles. The van der Waals surface area contributed by atoms with E-state index >= 15 is 0 Å². The van der Waals surface area contributed by atoms with Crippen LogP contribution in [0.3, 0.4) is 0 Å². The molecule has 7 heteroatoms. The van der Waals surface area contributed by atoms with Crippen LogP contribution in [-0.4, -0.2) is 34.6 Å². The number of nitrogens with one attached hydrogen (secondary N) is 1. The second-order valence-electron chi connectivity index (χ2n) is 8.62. The van der Waals surface area contributed by atoms with Crippen LogP contribution < -0.4 is 5.32 Å². The van der Waals surface area contributed by atoms with Crippen LogP contribution in [0, 0.1) is 12.7 Å². The molecule has 0 heterocycles. The summed E-state index contributed by atoms with van der Waals surface area (Å²) in [4.78, 5) is 28.1. The Morgan fingerprint density at radius 1 is 1.21 bits per heavy atom. The molecular formula is C26H32ClFN2O2S. The Balaban J connectivity index is 1.73. The van der Waals surface area contributed by atoms with Crippen molar-refractivity contribution in [1.82, 2.24) is 10.2 Å². The summed E-state index contributed by atoms with van der Waals surface area (Å²) in [6.45, 7) is 4.30. The predicted octanol–water partition coefficient (Wildman–Crippen LogP) is 5.89. The van der Waals surface area contributed by atoms with Gasteiger partial charge in [0.2, 0.25) is 11.8 Å². The first-order chi connectivity index (χ1) is 15.9. The summed E-state index contributed by atoms with van der Waals surface area (Å²) in [7, 11) is 0. The van der Waals surface area contributed by atoms with Crippen molar-refractivity contribution in [2.75, 3.05) is 5.75 Å². The first-order valence-electron chi connectivity index (χ1n) is 11.5. The van der Waals surface area contributed by atoms with Gasteiger partial charge in [-0.15, -0.1) is 11.8 Å². The predicted molar refractivity (Wildman–Crippen MR) is 134 cm³/mol. The smallest absolute Gasteiger partial charge is 0.243 e. The zero-order valence-electron chi connectivity index (χ0n) is 19.3. The molecule has 0 unspecified atom stereocenters. The third-order valence-electron chi connectivity index (χ3n) is 6.06. The average molecular weight is 491 g/mol. The van der Waals surface area contributed by atoms with Gasteiger partial charge in [0.05, 0.1) is 5.75 Å². The number of carbonyl (C=O) groups excluding carboxylic acids is 2. The van der Waals surface area contributed by atoms with Gasteiger partial charge >= 0.3 is 0 Å². The van der Waals surface area contributed by atoms with Gasteiger partial charge in [0.25, 0.3) is 0 Å². The van der Waals surface area contributed by atoms with Crippen molar-refractivity contribution in [2.24, 2.45) is 0 Å². The number of hydrogen-bond donors (Lipinski definition) is 1. The molecule has 2 amide bonds. The van der Waals surface area contributed by atoms with Gasteiger partial charge in [0.15, 0.2) is 0 Å². The van der Waals surface area contributed by atoms with Crippen molar-refractivity contribution in [3.8, 4) is 0 Å². The van der Waals surface area contributed by atoms with Crippen molar-refractivity contribution in [3.63, 3.8) is 0 Å². The normalized spacial score (nSPS) is 14.8. The van der Waals surface area contributed by atoms with Crippen molar-refractivity contribution < 1.29 is 14.0 Å². The van der Waals surface area contributed by atoms with Gasteiger partial charge in [0.1, 0.15) is 11.9 Å².